The Morgan fingerprint density at radius 3 is 1.08 bits per heavy atom. The first kappa shape index (κ1) is 51.3. The smallest absolute Gasteiger partial charge is 0.410 e. The topological polar surface area (TPSA) is 148 Å². The Morgan fingerprint density at radius 2 is 0.736 bits per heavy atom. The Kier molecular flexibility index (Phi) is 38.8. The van der Waals surface area contributed by atoms with Crippen LogP contribution >= 0.6 is 0 Å². The number of rotatable bonds is 41. The molecule has 316 valence electrons. The van der Waals surface area contributed by atoms with Gasteiger partial charge in [-0.1, -0.05) is 45.4 Å². The van der Waals surface area contributed by atoms with E-state index in [2.05, 4.69) is 6.92 Å². The van der Waals surface area contributed by atoms with Gasteiger partial charge in [0, 0.05) is 20.0 Å². The van der Waals surface area contributed by atoms with Crippen LogP contribution in [0.15, 0.2) is 0 Å². The first-order valence-corrected chi connectivity index (χ1v) is 19.6. The highest BCUT2D eigenvalue weighted by Crippen LogP contribution is 2.09. The van der Waals surface area contributed by atoms with Gasteiger partial charge in [-0.25, -0.2) is 4.79 Å². The molecule has 0 heterocycles. The average molecular weight is 770 g/mol. The molecule has 0 radical (unpaired) electrons. The summed E-state index contributed by atoms with van der Waals surface area (Å²) in [5, 5.41) is 0. The largest absolute Gasteiger partial charge is 0.463 e. The van der Waals surface area contributed by atoms with Crippen molar-refractivity contribution in [1.29, 1.82) is 0 Å². The van der Waals surface area contributed by atoms with Gasteiger partial charge in [0.15, 0.2) is 0 Å². The summed E-state index contributed by atoms with van der Waals surface area (Å²) in [5.74, 6) is -0.144. The molecule has 0 aromatic heterocycles. The Hall–Kier alpha value is -1.66. The van der Waals surface area contributed by atoms with Crippen molar-refractivity contribution >= 4 is 12.1 Å². The van der Waals surface area contributed by atoms with Crippen LogP contribution < -0.4 is 0 Å². The highest BCUT2D eigenvalue weighted by atomic mass is 16.6. The molecule has 0 rings (SSSR count). The molecular formula is C38H75NO14. The molecule has 0 unspecified atom stereocenters. The summed E-state index contributed by atoms with van der Waals surface area (Å²) in [5.41, 5.74) is -0.513. The van der Waals surface area contributed by atoms with Crippen molar-refractivity contribution in [2.75, 3.05) is 152 Å². The molecule has 0 N–H and O–H groups in total. The van der Waals surface area contributed by atoms with Gasteiger partial charge in [0.1, 0.15) is 12.2 Å². The van der Waals surface area contributed by atoms with E-state index in [9.17, 15) is 9.59 Å². The van der Waals surface area contributed by atoms with E-state index in [1.807, 2.05) is 20.8 Å². The number of nitrogens with zero attached hydrogens (tertiary/aromatic N) is 1. The van der Waals surface area contributed by atoms with Gasteiger partial charge in [-0.3, -0.25) is 4.79 Å². The van der Waals surface area contributed by atoms with E-state index in [1.165, 1.54) is 37.0 Å². The summed E-state index contributed by atoms with van der Waals surface area (Å²) in [6.07, 6.45) is 8.40. The van der Waals surface area contributed by atoms with Crippen LogP contribution in [0.5, 0.6) is 0 Å². The molecule has 0 aromatic carbocycles. The van der Waals surface area contributed by atoms with Crippen molar-refractivity contribution in [3.63, 3.8) is 0 Å². The third-order valence-electron chi connectivity index (χ3n) is 7.10. The van der Waals surface area contributed by atoms with Gasteiger partial charge in [0.2, 0.25) is 0 Å². The lowest BCUT2D eigenvalue weighted by Gasteiger charge is -2.24. The van der Waals surface area contributed by atoms with Gasteiger partial charge in [0.05, 0.1) is 132 Å². The summed E-state index contributed by atoms with van der Waals surface area (Å²) in [6.45, 7) is 17.8. The summed E-state index contributed by atoms with van der Waals surface area (Å²) >= 11 is 0. The van der Waals surface area contributed by atoms with Crippen molar-refractivity contribution in [1.82, 2.24) is 4.90 Å². The Bertz CT molecular complexity index is 786. The number of amides is 1. The predicted molar refractivity (Wildman–Crippen MR) is 201 cm³/mol. The third kappa shape index (κ3) is 42.9. The van der Waals surface area contributed by atoms with E-state index >= 15 is 0 Å². The van der Waals surface area contributed by atoms with E-state index in [-0.39, 0.29) is 18.7 Å². The fraction of sp³-hybridized carbons (Fsp3) is 0.947. The van der Waals surface area contributed by atoms with Crippen molar-refractivity contribution in [3.8, 4) is 0 Å². The molecule has 1 amide bonds. The maximum absolute atomic E-state index is 11.9. The standard InChI is InChI=1S/C38H75NO14/c1-6-7-8-9-10-11-12-13-36(40)52-35-34-51-33-32-50-31-30-49-29-28-48-27-26-47-25-24-46-23-22-45-21-20-44-19-18-43-17-16-42-15-14-39(5)37(41)53-38(2,3)4/h6-35H2,1-5H3. The fourth-order valence-electron chi connectivity index (χ4n) is 4.23. The number of likely N-dealkylation sites (N-methyl/N-ethyl adjacent to an activating group) is 1. The predicted octanol–water partition coefficient (Wildman–Crippen LogP) is 4.70. The van der Waals surface area contributed by atoms with Crippen LogP contribution in [0.4, 0.5) is 4.79 Å². The lowest BCUT2D eigenvalue weighted by molar-refractivity contribution is -0.145. The molecule has 0 saturated heterocycles. The molecule has 0 aliphatic carbocycles. The second kappa shape index (κ2) is 40.0. The minimum atomic E-state index is -0.513. The minimum absolute atomic E-state index is 0.144. The van der Waals surface area contributed by atoms with Crippen LogP contribution in [-0.4, -0.2) is 175 Å². The quantitative estimate of drug-likeness (QED) is 0.0625. The van der Waals surface area contributed by atoms with Crippen molar-refractivity contribution in [2.45, 2.75) is 84.7 Å². The van der Waals surface area contributed by atoms with E-state index < -0.39 is 5.60 Å². The molecule has 15 nitrogen and oxygen atoms in total. The Balaban J connectivity index is 3.17. The maximum Gasteiger partial charge on any atom is 0.410 e. The molecule has 0 bridgehead atoms. The van der Waals surface area contributed by atoms with Crippen LogP contribution in [0.25, 0.3) is 0 Å². The van der Waals surface area contributed by atoms with Crippen LogP contribution in [0.1, 0.15) is 79.1 Å². The van der Waals surface area contributed by atoms with Crippen LogP contribution in [-0.2, 0) is 61.6 Å². The zero-order valence-corrected chi connectivity index (χ0v) is 33.9. The Morgan fingerprint density at radius 1 is 0.434 bits per heavy atom. The summed E-state index contributed by atoms with van der Waals surface area (Å²) in [4.78, 5) is 25.1. The number of esters is 1. The summed E-state index contributed by atoms with van der Waals surface area (Å²) in [7, 11) is 1.68. The van der Waals surface area contributed by atoms with E-state index in [0.29, 0.717) is 145 Å². The van der Waals surface area contributed by atoms with Crippen LogP contribution in [0.2, 0.25) is 0 Å². The molecule has 0 aliphatic rings. The third-order valence-corrected chi connectivity index (χ3v) is 7.10. The molecule has 0 aromatic rings. The lowest BCUT2D eigenvalue weighted by Crippen LogP contribution is -2.36. The molecule has 0 fully saturated rings. The molecule has 0 spiro atoms. The monoisotopic (exact) mass is 770 g/mol. The van der Waals surface area contributed by atoms with Crippen molar-refractivity contribution in [2.24, 2.45) is 0 Å². The fourth-order valence-corrected chi connectivity index (χ4v) is 4.23. The maximum atomic E-state index is 11.9. The van der Waals surface area contributed by atoms with E-state index in [4.69, 9.17) is 56.8 Å². The van der Waals surface area contributed by atoms with Gasteiger partial charge in [-0.15, -0.1) is 0 Å². The Labute approximate surface area is 320 Å². The second-order valence-electron chi connectivity index (χ2n) is 13.1. The minimum Gasteiger partial charge on any atom is -0.463 e. The van der Waals surface area contributed by atoms with Gasteiger partial charge >= 0.3 is 12.1 Å². The molecule has 0 aliphatic heterocycles. The zero-order valence-electron chi connectivity index (χ0n) is 33.9. The van der Waals surface area contributed by atoms with Gasteiger partial charge < -0.3 is 61.7 Å². The van der Waals surface area contributed by atoms with Crippen molar-refractivity contribution in [3.05, 3.63) is 0 Å². The highest BCUT2D eigenvalue weighted by molar-refractivity contribution is 5.69. The zero-order chi connectivity index (χ0) is 38.9. The number of hydrogen-bond acceptors (Lipinski definition) is 14. The molecule has 0 atom stereocenters. The summed E-state index contributed by atoms with van der Waals surface area (Å²) < 4.78 is 65.3. The number of unbranched alkanes of at least 4 members (excludes halogenated alkanes) is 6. The first-order chi connectivity index (χ1) is 25.8. The highest BCUT2D eigenvalue weighted by Gasteiger charge is 2.19. The normalized spacial score (nSPS) is 11.6. The SMILES string of the molecule is CCCCCCCCCC(=O)OCCOCCOCCOCCOCCOCCOCCOCCOCCOCCOCCN(C)C(=O)OC(C)(C)C. The van der Waals surface area contributed by atoms with Crippen LogP contribution in [0, 0.1) is 0 Å². The van der Waals surface area contributed by atoms with E-state index in [0.717, 1.165) is 12.8 Å². The van der Waals surface area contributed by atoms with Crippen molar-refractivity contribution < 1.29 is 66.4 Å². The van der Waals surface area contributed by atoms with Gasteiger partial charge in [-0.2, -0.15) is 0 Å². The average Bonchev–Trinajstić information content (AvgIpc) is 3.12. The van der Waals surface area contributed by atoms with E-state index in [1.54, 1.807) is 7.05 Å². The molecular weight excluding hydrogens is 694 g/mol. The molecule has 53 heavy (non-hydrogen) atoms. The first-order valence-electron chi connectivity index (χ1n) is 19.6. The summed E-state index contributed by atoms with van der Waals surface area (Å²) in [6, 6.07) is 0. The number of carbonyl (C=O) groups excluding carboxylic acids is 2. The van der Waals surface area contributed by atoms with Gasteiger partial charge in [-0.05, 0) is 27.2 Å². The number of hydrogen-bond donors (Lipinski definition) is 0. The number of ether oxygens (including phenoxy) is 12. The lowest BCUT2D eigenvalue weighted by atomic mass is 10.1. The van der Waals surface area contributed by atoms with Crippen LogP contribution in [0.3, 0.4) is 0 Å². The molecule has 0 saturated carbocycles. The molecule has 15 heteroatoms. The number of carbonyl (C=O) groups is 2. The second-order valence-corrected chi connectivity index (χ2v) is 13.1. The van der Waals surface area contributed by atoms with Gasteiger partial charge in [0.25, 0.3) is 0 Å².